The maximum atomic E-state index is 12.8. The number of carbonyl (C=O) groups excluding carboxylic acids is 1. The molecule has 0 bridgehead atoms. The Morgan fingerprint density at radius 2 is 2.15 bits per heavy atom. The fourth-order valence-electron chi connectivity index (χ4n) is 2.47. The molecule has 1 aromatic heterocycles. The van der Waals surface area contributed by atoms with Crippen molar-refractivity contribution in [2.75, 3.05) is 23.3 Å². The molecule has 0 aliphatic carbocycles. The molecule has 1 aliphatic rings. The molecule has 0 saturated heterocycles. The highest BCUT2D eigenvalue weighted by molar-refractivity contribution is 7.14. The number of fused-ring (bicyclic) bond motifs is 1. The summed E-state index contributed by atoms with van der Waals surface area (Å²) >= 11 is 1.60. The van der Waals surface area contributed by atoms with Crippen molar-refractivity contribution in [3.05, 3.63) is 46.2 Å². The Labute approximate surface area is 123 Å². The van der Waals surface area contributed by atoms with Crippen LogP contribution in [-0.2, 0) is 6.42 Å². The van der Waals surface area contributed by atoms with Crippen molar-refractivity contribution in [3.8, 4) is 0 Å². The summed E-state index contributed by atoms with van der Waals surface area (Å²) < 4.78 is 0. The fraction of sp³-hybridized carbons (Fsp3) is 0.312. The number of para-hydroxylation sites is 2. The fourth-order valence-corrected chi connectivity index (χ4v) is 3.36. The summed E-state index contributed by atoms with van der Waals surface area (Å²) in [6, 6.07) is 12.0. The lowest BCUT2D eigenvalue weighted by Gasteiger charge is -2.21. The molecule has 1 aliphatic heterocycles. The van der Waals surface area contributed by atoms with E-state index in [1.807, 2.05) is 35.2 Å². The van der Waals surface area contributed by atoms with Gasteiger partial charge in [-0.15, -0.1) is 11.3 Å². The van der Waals surface area contributed by atoms with Crippen LogP contribution >= 0.6 is 11.3 Å². The first kappa shape index (κ1) is 13.2. The number of nitrogens with one attached hydrogen (secondary N) is 1. The van der Waals surface area contributed by atoms with E-state index in [0.29, 0.717) is 0 Å². The van der Waals surface area contributed by atoms with Crippen molar-refractivity contribution < 1.29 is 4.79 Å². The van der Waals surface area contributed by atoms with Gasteiger partial charge in [-0.2, -0.15) is 0 Å². The summed E-state index contributed by atoms with van der Waals surface area (Å²) in [5.74, 6) is 0.117. The van der Waals surface area contributed by atoms with Crippen LogP contribution < -0.4 is 10.2 Å². The van der Waals surface area contributed by atoms with Crippen LogP contribution in [0.25, 0.3) is 0 Å². The first-order valence-electron chi connectivity index (χ1n) is 7.03. The Hall–Kier alpha value is -1.81. The van der Waals surface area contributed by atoms with E-state index in [1.165, 1.54) is 4.88 Å². The average molecular weight is 286 g/mol. The van der Waals surface area contributed by atoms with E-state index in [0.717, 1.165) is 42.2 Å². The Kier molecular flexibility index (Phi) is 3.74. The van der Waals surface area contributed by atoms with Crippen molar-refractivity contribution >= 4 is 28.6 Å². The molecular formula is C16H18N2OS. The lowest BCUT2D eigenvalue weighted by molar-refractivity contribution is 0.0991. The Morgan fingerprint density at radius 1 is 1.30 bits per heavy atom. The van der Waals surface area contributed by atoms with Crippen molar-refractivity contribution in [2.24, 2.45) is 0 Å². The first-order valence-corrected chi connectivity index (χ1v) is 7.84. The van der Waals surface area contributed by atoms with E-state index in [2.05, 4.69) is 18.3 Å². The molecule has 1 N–H and O–H groups in total. The molecule has 0 radical (unpaired) electrons. The number of aryl methyl sites for hydroxylation is 1. The zero-order valence-corrected chi connectivity index (χ0v) is 12.4. The second-order valence-electron chi connectivity index (χ2n) is 4.87. The molecule has 1 aromatic carbocycles. The third kappa shape index (κ3) is 2.43. The molecule has 0 atom stereocenters. The smallest absolute Gasteiger partial charge is 0.268 e. The number of nitrogens with zero attached hydrogens (tertiary/aromatic N) is 1. The van der Waals surface area contributed by atoms with Gasteiger partial charge in [0.2, 0.25) is 0 Å². The molecule has 3 rings (SSSR count). The zero-order valence-electron chi connectivity index (χ0n) is 11.6. The van der Waals surface area contributed by atoms with Gasteiger partial charge < -0.3 is 10.2 Å². The van der Waals surface area contributed by atoms with Gasteiger partial charge in [0.1, 0.15) is 0 Å². The van der Waals surface area contributed by atoms with Crippen LogP contribution in [0.1, 0.15) is 27.9 Å². The normalized spacial score (nSPS) is 14.3. The number of thiophene rings is 1. The van der Waals surface area contributed by atoms with Crippen LogP contribution in [0.5, 0.6) is 0 Å². The summed E-state index contributed by atoms with van der Waals surface area (Å²) in [5, 5.41) is 3.39. The molecule has 2 aromatic rings. The quantitative estimate of drug-likeness (QED) is 0.911. The average Bonchev–Trinajstić information content (AvgIpc) is 2.86. The summed E-state index contributed by atoms with van der Waals surface area (Å²) in [7, 11) is 0. The van der Waals surface area contributed by atoms with Gasteiger partial charge in [-0.05, 0) is 37.1 Å². The molecule has 0 saturated carbocycles. The van der Waals surface area contributed by atoms with Crippen molar-refractivity contribution in [2.45, 2.75) is 19.8 Å². The highest BCUT2D eigenvalue weighted by Crippen LogP contribution is 2.30. The van der Waals surface area contributed by atoms with Gasteiger partial charge in [0.05, 0.1) is 16.3 Å². The number of anilines is 2. The minimum absolute atomic E-state index is 0.117. The first-order chi connectivity index (χ1) is 9.79. The van der Waals surface area contributed by atoms with Crippen LogP contribution in [-0.4, -0.2) is 19.0 Å². The third-order valence-electron chi connectivity index (χ3n) is 3.53. The molecule has 1 amide bonds. The third-order valence-corrected chi connectivity index (χ3v) is 4.75. The SMILES string of the molecule is CCc1ccc(C(=O)N2CCCNc3ccccc32)s1. The number of hydrogen-bond acceptors (Lipinski definition) is 3. The molecule has 0 unspecified atom stereocenters. The predicted octanol–water partition coefficient (Wildman–Crippen LogP) is 3.77. The van der Waals surface area contributed by atoms with Crippen LogP contribution in [0.3, 0.4) is 0 Å². The van der Waals surface area contributed by atoms with E-state index in [1.54, 1.807) is 11.3 Å². The van der Waals surface area contributed by atoms with Crippen LogP contribution in [0.4, 0.5) is 11.4 Å². The van der Waals surface area contributed by atoms with Gasteiger partial charge in [-0.1, -0.05) is 19.1 Å². The largest absolute Gasteiger partial charge is 0.383 e. The van der Waals surface area contributed by atoms with Crippen LogP contribution in [0.2, 0.25) is 0 Å². The summed E-state index contributed by atoms with van der Waals surface area (Å²) in [4.78, 5) is 16.7. The highest BCUT2D eigenvalue weighted by atomic mass is 32.1. The Balaban J connectivity index is 1.94. The minimum Gasteiger partial charge on any atom is -0.383 e. The van der Waals surface area contributed by atoms with E-state index in [-0.39, 0.29) is 5.91 Å². The summed E-state index contributed by atoms with van der Waals surface area (Å²) in [6.45, 7) is 3.79. The predicted molar refractivity (Wildman–Crippen MR) is 84.9 cm³/mol. The van der Waals surface area contributed by atoms with Gasteiger partial charge in [0.15, 0.2) is 0 Å². The molecule has 0 spiro atoms. The standard InChI is InChI=1S/C16H18N2OS/c1-2-12-8-9-15(20-12)16(19)18-11-5-10-17-13-6-3-4-7-14(13)18/h3-4,6-9,17H,2,5,10-11H2,1H3. The molecule has 2 heterocycles. The number of rotatable bonds is 2. The maximum Gasteiger partial charge on any atom is 0.268 e. The topological polar surface area (TPSA) is 32.3 Å². The minimum atomic E-state index is 0.117. The van der Waals surface area contributed by atoms with Gasteiger partial charge in [-0.3, -0.25) is 4.79 Å². The number of hydrogen-bond donors (Lipinski definition) is 1. The van der Waals surface area contributed by atoms with Crippen LogP contribution in [0, 0.1) is 0 Å². The number of benzene rings is 1. The van der Waals surface area contributed by atoms with E-state index in [9.17, 15) is 4.79 Å². The van der Waals surface area contributed by atoms with Gasteiger partial charge in [-0.25, -0.2) is 0 Å². The molecule has 104 valence electrons. The number of amides is 1. The van der Waals surface area contributed by atoms with Crippen LogP contribution in [0.15, 0.2) is 36.4 Å². The molecule has 4 heteroatoms. The second kappa shape index (κ2) is 5.67. The molecule has 20 heavy (non-hydrogen) atoms. The molecule has 0 fully saturated rings. The molecule has 3 nitrogen and oxygen atoms in total. The lowest BCUT2D eigenvalue weighted by Crippen LogP contribution is -2.30. The van der Waals surface area contributed by atoms with E-state index < -0.39 is 0 Å². The second-order valence-corrected chi connectivity index (χ2v) is 6.04. The van der Waals surface area contributed by atoms with Crippen molar-refractivity contribution in [1.82, 2.24) is 0 Å². The van der Waals surface area contributed by atoms with E-state index in [4.69, 9.17) is 0 Å². The van der Waals surface area contributed by atoms with Gasteiger partial charge in [0.25, 0.3) is 5.91 Å². The monoisotopic (exact) mass is 286 g/mol. The highest BCUT2D eigenvalue weighted by Gasteiger charge is 2.22. The number of carbonyl (C=O) groups is 1. The van der Waals surface area contributed by atoms with Crippen molar-refractivity contribution in [3.63, 3.8) is 0 Å². The lowest BCUT2D eigenvalue weighted by atomic mass is 10.2. The maximum absolute atomic E-state index is 12.8. The Morgan fingerprint density at radius 3 is 2.95 bits per heavy atom. The summed E-state index contributed by atoms with van der Waals surface area (Å²) in [5.41, 5.74) is 2.03. The zero-order chi connectivity index (χ0) is 13.9. The van der Waals surface area contributed by atoms with E-state index >= 15 is 0 Å². The van der Waals surface area contributed by atoms with Gasteiger partial charge in [0, 0.05) is 18.0 Å². The van der Waals surface area contributed by atoms with Gasteiger partial charge >= 0.3 is 0 Å². The molecular weight excluding hydrogens is 268 g/mol. The summed E-state index contributed by atoms with van der Waals surface area (Å²) in [6.07, 6.45) is 1.95. The Bertz CT molecular complexity index is 620. The van der Waals surface area contributed by atoms with Crippen molar-refractivity contribution in [1.29, 1.82) is 0 Å².